The van der Waals surface area contributed by atoms with Gasteiger partial charge in [-0.25, -0.2) is 9.78 Å². The van der Waals surface area contributed by atoms with Gasteiger partial charge in [-0.2, -0.15) is 0 Å². The van der Waals surface area contributed by atoms with Gasteiger partial charge in [0.2, 0.25) is 17.7 Å². The number of aromatic nitrogens is 2. The van der Waals surface area contributed by atoms with Gasteiger partial charge >= 0.3 is 11.9 Å². The zero-order valence-corrected chi connectivity index (χ0v) is 22.0. The van der Waals surface area contributed by atoms with Crippen molar-refractivity contribution in [3.63, 3.8) is 0 Å². The van der Waals surface area contributed by atoms with Gasteiger partial charge in [-0.1, -0.05) is 60.7 Å². The second kappa shape index (κ2) is 14.9. The van der Waals surface area contributed by atoms with Crippen LogP contribution in [0, 0.1) is 0 Å². The van der Waals surface area contributed by atoms with Crippen LogP contribution in [-0.2, 0) is 43.2 Å². The molecule has 4 unspecified atom stereocenters. The quantitative estimate of drug-likeness (QED) is 0.130. The van der Waals surface area contributed by atoms with E-state index in [-0.39, 0.29) is 19.3 Å². The Morgan fingerprint density at radius 2 is 1.24 bits per heavy atom. The van der Waals surface area contributed by atoms with E-state index in [0.717, 1.165) is 5.56 Å². The third-order valence-electron chi connectivity index (χ3n) is 6.16. The lowest BCUT2D eigenvalue weighted by Crippen LogP contribution is -2.58. The van der Waals surface area contributed by atoms with E-state index < -0.39 is 60.2 Å². The van der Waals surface area contributed by atoms with Crippen LogP contribution < -0.4 is 21.7 Å². The minimum atomic E-state index is -1.72. The number of carbonyl (C=O) groups excluding carboxylic acids is 3. The minimum absolute atomic E-state index is 0.00787. The fraction of sp³-hybridized carbons (Fsp3) is 0.286. The van der Waals surface area contributed by atoms with Crippen molar-refractivity contribution in [1.82, 2.24) is 25.9 Å². The number of carbonyl (C=O) groups is 5. The minimum Gasteiger partial charge on any atom is -0.481 e. The van der Waals surface area contributed by atoms with Gasteiger partial charge in [-0.05, 0) is 17.5 Å². The first-order valence-corrected chi connectivity index (χ1v) is 12.8. The molecule has 0 bridgehead atoms. The fourth-order valence-electron chi connectivity index (χ4n) is 4.04. The molecule has 216 valence electrons. The zero-order chi connectivity index (χ0) is 29.8. The molecule has 2 aromatic carbocycles. The molecule has 1 aromatic heterocycles. The van der Waals surface area contributed by atoms with Crippen LogP contribution in [-0.4, -0.2) is 74.0 Å². The number of nitrogens with one attached hydrogen (secondary N) is 4. The van der Waals surface area contributed by atoms with Gasteiger partial charge in [0.1, 0.15) is 18.1 Å². The molecule has 0 spiro atoms. The summed E-state index contributed by atoms with van der Waals surface area (Å²) < 4.78 is 0. The molecule has 13 nitrogen and oxygen atoms in total. The van der Waals surface area contributed by atoms with E-state index in [4.69, 9.17) is 10.8 Å². The van der Waals surface area contributed by atoms with Gasteiger partial charge in [-0.15, -0.1) is 0 Å². The summed E-state index contributed by atoms with van der Waals surface area (Å²) in [6.07, 6.45) is 2.22. The molecule has 0 radical (unpaired) electrons. The number of amides is 3. The zero-order valence-electron chi connectivity index (χ0n) is 22.0. The Hall–Kier alpha value is -5.04. The molecule has 8 N–H and O–H groups in total. The molecular formula is C28H32N6O7. The van der Waals surface area contributed by atoms with E-state index in [0.29, 0.717) is 11.3 Å². The molecule has 4 atom stereocenters. The van der Waals surface area contributed by atoms with Gasteiger partial charge in [-0.3, -0.25) is 19.2 Å². The van der Waals surface area contributed by atoms with Gasteiger partial charge in [0.25, 0.3) is 0 Å². The van der Waals surface area contributed by atoms with Crippen LogP contribution in [0.5, 0.6) is 0 Å². The Morgan fingerprint density at radius 1 is 0.732 bits per heavy atom. The first-order chi connectivity index (χ1) is 19.6. The molecule has 41 heavy (non-hydrogen) atoms. The highest BCUT2D eigenvalue weighted by Crippen LogP contribution is 2.08. The largest absolute Gasteiger partial charge is 0.481 e. The van der Waals surface area contributed by atoms with Crippen molar-refractivity contribution in [2.24, 2.45) is 5.73 Å². The Morgan fingerprint density at radius 3 is 1.76 bits per heavy atom. The number of benzene rings is 2. The lowest BCUT2D eigenvalue weighted by molar-refractivity contribution is -0.147. The van der Waals surface area contributed by atoms with Crippen LogP contribution in [0.3, 0.4) is 0 Å². The maximum Gasteiger partial charge on any atom is 0.326 e. The van der Waals surface area contributed by atoms with E-state index in [2.05, 4.69) is 25.9 Å². The van der Waals surface area contributed by atoms with Crippen LogP contribution in [0.2, 0.25) is 0 Å². The summed E-state index contributed by atoms with van der Waals surface area (Å²) in [6, 6.07) is 12.6. The summed E-state index contributed by atoms with van der Waals surface area (Å²) in [6.45, 7) is 0. The van der Waals surface area contributed by atoms with Crippen LogP contribution >= 0.6 is 0 Å². The van der Waals surface area contributed by atoms with Crippen molar-refractivity contribution in [3.05, 3.63) is 90.0 Å². The summed E-state index contributed by atoms with van der Waals surface area (Å²) in [4.78, 5) is 69.1. The summed E-state index contributed by atoms with van der Waals surface area (Å²) >= 11 is 0. The number of aromatic amines is 1. The predicted molar refractivity (Wildman–Crippen MR) is 146 cm³/mol. The van der Waals surface area contributed by atoms with E-state index in [9.17, 15) is 29.1 Å². The molecule has 3 amide bonds. The summed E-state index contributed by atoms with van der Waals surface area (Å²) in [5, 5.41) is 25.8. The molecule has 0 saturated carbocycles. The molecule has 0 aliphatic rings. The first-order valence-electron chi connectivity index (χ1n) is 12.8. The van der Waals surface area contributed by atoms with Crippen molar-refractivity contribution < 1.29 is 34.2 Å². The molecule has 3 aromatic rings. The Kier molecular flexibility index (Phi) is 11.1. The Balaban J connectivity index is 1.80. The van der Waals surface area contributed by atoms with E-state index in [1.807, 2.05) is 30.3 Å². The average molecular weight is 565 g/mol. The third-order valence-corrected chi connectivity index (χ3v) is 6.16. The number of carboxylic acid groups (broad SMARTS) is 2. The highest BCUT2D eigenvalue weighted by Gasteiger charge is 2.31. The SMILES string of the molecule is NC(Cc1ccccc1)C(=O)NC(Cc1cnc[nH]1)C(=O)NC(Cc1ccccc1)C(=O)NC(CC(=O)O)C(=O)O. The monoisotopic (exact) mass is 564 g/mol. The highest BCUT2D eigenvalue weighted by atomic mass is 16.4. The van der Waals surface area contributed by atoms with Crippen LogP contribution in [0.1, 0.15) is 23.2 Å². The van der Waals surface area contributed by atoms with Crippen molar-refractivity contribution in [3.8, 4) is 0 Å². The second-order valence-corrected chi connectivity index (χ2v) is 9.39. The third kappa shape index (κ3) is 9.89. The van der Waals surface area contributed by atoms with E-state index in [1.54, 1.807) is 30.3 Å². The number of imidazole rings is 1. The van der Waals surface area contributed by atoms with Gasteiger partial charge in [0.15, 0.2) is 0 Å². The van der Waals surface area contributed by atoms with Crippen molar-refractivity contribution in [2.45, 2.75) is 49.9 Å². The second-order valence-electron chi connectivity index (χ2n) is 9.39. The maximum atomic E-state index is 13.5. The van der Waals surface area contributed by atoms with Crippen LogP contribution in [0.15, 0.2) is 73.2 Å². The summed E-state index contributed by atoms with van der Waals surface area (Å²) in [5.41, 5.74) is 8.12. The van der Waals surface area contributed by atoms with E-state index >= 15 is 0 Å². The number of hydrogen-bond acceptors (Lipinski definition) is 7. The smallest absolute Gasteiger partial charge is 0.326 e. The molecule has 3 rings (SSSR count). The fourth-order valence-corrected chi connectivity index (χ4v) is 4.04. The number of nitrogens with two attached hydrogens (primary N) is 1. The molecule has 0 aliphatic heterocycles. The van der Waals surface area contributed by atoms with Crippen molar-refractivity contribution >= 4 is 29.7 Å². The Labute approximate surface area is 235 Å². The average Bonchev–Trinajstić information content (AvgIpc) is 3.46. The summed E-state index contributed by atoms with van der Waals surface area (Å²) in [5.74, 6) is -5.19. The standard InChI is InChI=1S/C28H32N6O7/c29-20(11-17-7-3-1-4-8-17)25(37)32-22(13-19-15-30-16-31-19)27(39)33-21(12-18-9-5-2-6-10-18)26(38)34-23(28(40)41)14-24(35)36/h1-10,15-16,20-23H,11-14,29H2,(H,30,31)(H,32,37)(H,33,39)(H,34,38)(H,35,36)(H,40,41). The van der Waals surface area contributed by atoms with E-state index in [1.165, 1.54) is 12.5 Å². The van der Waals surface area contributed by atoms with Gasteiger partial charge < -0.3 is 36.9 Å². The number of nitrogens with zero attached hydrogens (tertiary/aromatic N) is 1. The topological polar surface area (TPSA) is 217 Å². The number of rotatable bonds is 15. The number of carboxylic acids is 2. The van der Waals surface area contributed by atoms with Crippen LogP contribution in [0.4, 0.5) is 0 Å². The molecule has 1 heterocycles. The highest BCUT2D eigenvalue weighted by molar-refractivity contribution is 5.95. The summed E-state index contributed by atoms with van der Waals surface area (Å²) in [7, 11) is 0. The Bertz CT molecular complexity index is 1320. The number of H-pyrrole nitrogens is 1. The van der Waals surface area contributed by atoms with Gasteiger partial charge in [0, 0.05) is 24.7 Å². The van der Waals surface area contributed by atoms with Gasteiger partial charge in [0.05, 0.1) is 18.8 Å². The lowest BCUT2D eigenvalue weighted by atomic mass is 10.0. The maximum absolute atomic E-state index is 13.5. The molecular weight excluding hydrogens is 532 g/mol. The van der Waals surface area contributed by atoms with Crippen molar-refractivity contribution in [1.29, 1.82) is 0 Å². The van der Waals surface area contributed by atoms with Crippen molar-refractivity contribution in [2.75, 3.05) is 0 Å². The molecule has 0 fully saturated rings. The predicted octanol–water partition coefficient (Wildman–Crippen LogP) is -0.221. The van der Waals surface area contributed by atoms with Crippen LogP contribution in [0.25, 0.3) is 0 Å². The number of aliphatic carboxylic acids is 2. The molecule has 13 heteroatoms. The number of hydrogen-bond donors (Lipinski definition) is 7. The first kappa shape index (κ1) is 30.5. The lowest BCUT2D eigenvalue weighted by Gasteiger charge is -2.25. The normalized spacial score (nSPS) is 13.7. The molecule has 0 aliphatic carbocycles. The molecule has 0 saturated heterocycles.